The van der Waals surface area contributed by atoms with Crippen LogP contribution < -0.4 is 10.6 Å². The van der Waals surface area contributed by atoms with Crippen LogP contribution in [0.4, 0.5) is 4.39 Å². The van der Waals surface area contributed by atoms with E-state index in [1.165, 1.54) is 25.0 Å². The smallest absolute Gasteiger partial charge is 0.191 e. The first-order chi connectivity index (χ1) is 10.7. The van der Waals surface area contributed by atoms with E-state index in [4.69, 9.17) is 0 Å². The van der Waals surface area contributed by atoms with Crippen molar-refractivity contribution < 1.29 is 4.39 Å². The molecule has 0 amide bonds. The fourth-order valence-corrected chi connectivity index (χ4v) is 2.55. The van der Waals surface area contributed by atoms with Crippen LogP contribution in [-0.2, 0) is 6.42 Å². The van der Waals surface area contributed by atoms with E-state index in [2.05, 4.69) is 27.4 Å². The van der Waals surface area contributed by atoms with Gasteiger partial charge in [-0.15, -0.1) is 24.0 Å². The molecule has 0 aromatic heterocycles. The van der Waals surface area contributed by atoms with Gasteiger partial charge in [0.15, 0.2) is 5.96 Å². The topological polar surface area (TPSA) is 39.7 Å². The second-order valence-electron chi connectivity index (χ2n) is 5.66. The van der Waals surface area contributed by atoms with Crippen LogP contribution in [0.15, 0.2) is 29.3 Å². The Kier molecular flexibility index (Phi) is 9.47. The van der Waals surface area contributed by atoms with Gasteiger partial charge in [-0.3, -0.25) is 9.89 Å². The second-order valence-corrected chi connectivity index (χ2v) is 5.66. The zero-order chi connectivity index (χ0) is 15.8. The van der Waals surface area contributed by atoms with Gasteiger partial charge in [-0.25, -0.2) is 4.39 Å². The third kappa shape index (κ3) is 7.48. The normalized spacial score (nSPS) is 14.5. The number of guanidine groups is 1. The fourth-order valence-electron chi connectivity index (χ4n) is 2.55. The molecule has 0 aliphatic heterocycles. The van der Waals surface area contributed by atoms with Gasteiger partial charge in [-0.05, 0) is 43.5 Å². The lowest BCUT2D eigenvalue weighted by molar-refractivity contribution is 0.282. The van der Waals surface area contributed by atoms with E-state index in [1.54, 1.807) is 7.05 Å². The van der Waals surface area contributed by atoms with Crippen molar-refractivity contribution in [2.45, 2.75) is 32.2 Å². The Morgan fingerprint density at radius 2 is 1.87 bits per heavy atom. The Morgan fingerprint density at radius 3 is 2.43 bits per heavy atom. The molecule has 0 spiro atoms. The molecule has 0 heterocycles. The Balaban J connectivity index is 0.00000264. The van der Waals surface area contributed by atoms with Gasteiger partial charge in [0, 0.05) is 32.7 Å². The average molecular weight is 434 g/mol. The maximum Gasteiger partial charge on any atom is 0.191 e. The number of halogens is 2. The van der Waals surface area contributed by atoms with E-state index in [0.717, 1.165) is 50.2 Å². The molecule has 1 aliphatic rings. The predicted octanol–water partition coefficient (Wildman–Crippen LogP) is 2.64. The highest BCUT2D eigenvalue weighted by Crippen LogP contribution is 2.25. The zero-order valence-corrected chi connectivity index (χ0v) is 16.3. The molecule has 2 rings (SSSR count). The van der Waals surface area contributed by atoms with Crippen LogP contribution >= 0.6 is 24.0 Å². The average Bonchev–Trinajstić information content (AvgIpc) is 3.36. The van der Waals surface area contributed by atoms with Crippen molar-refractivity contribution in [3.8, 4) is 0 Å². The highest BCUT2D eigenvalue weighted by atomic mass is 127. The largest absolute Gasteiger partial charge is 0.356 e. The summed E-state index contributed by atoms with van der Waals surface area (Å²) in [7, 11) is 1.78. The quantitative estimate of drug-likeness (QED) is 0.376. The summed E-state index contributed by atoms with van der Waals surface area (Å²) in [5.41, 5.74) is 1.12. The lowest BCUT2D eigenvalue weighted by atomic mass is 10.1. The minimum absolute atomic E-state index is 0. The molecule has 2 N–H and O–H groups in total. The van der Waals surface area contributed by atoms with Crippen molar-refractivity contribution in [3.63, 3.8) is 0 Å². The van der Waals surface area contributed by atoms with Crippen molar-refractivity contribution in [3.05, 3.63) is 35.6 Å². The summed E-state index contributed by atoms with van der Waals surface area (Å²) in [6, 6.07) is 7.45. The van der Waals surface area contributed by atoms with Crippen LogP contribution in [0.25, 0.3) is 0 Å². The molecule has 1 aromatic rings. The van der Waals surface area contributed by atoms with Crippen LogP contribution in [-0.4, -0.2) is 50.1 Å². The SMILES string of the molecule is CCN(CCNC(=NC)NCCc1ccc(F)cc1)C1CC1.I. The Morgan fingerprint density at radius 1 is 1.22 bits per heavy atom. The van der Waals surface area contributed by atoms with Gasteiger partial charge < -0.3 is 10.6 Å². The molecular formula is C17H28FIN4. The van der Waals surface area contributed by atoms with Gasteiger partial charge >= 0.3 is 0 Å². The summed E-state index contributed by atoms with van der Waals surface area (Å²) >= 11 is 0. The summed E-state index contributed by atoms with van der Waals surface area (Å²) in [6.07, 6.45) is 3.54. The van der Waals surface area contributed by atoms with Gasteiger partial charge in [-0.1, -0.05) is 19.1 Å². The first-order valence-corrected chi connectivity index (χ1v) is 8.16. The van der Waals surface area contributed by atoms with Crippen LogP contribution in [0.1, 0.15) is 25.3 Å². The van der Waals surface area contributed by atoms with Gasteiger partial charge in [0.2, 0.25) is 0 Å². The number of hydrogen-bond donors (Lipinski definition) is 2. The molecule has 1 saturated carbocycles. The number of aliphatic imine (C=N–C) groups is 1. The number of rotatable bonds is 8. The van der Waals surface area contributed by atoms with Crippen LogP contribution in [0.5, 0.6) is 0 Å². The summed E-state index contributed by atoms with van der Waals surface area (Å²) in [5.74, 6) is 0.638. The molecular weight excluding hydrogens is 406 g/mol. The van der Waals surface area contributed by atoms with Crippen molar-refractivity contribution >= 4 is 29.9 Å². The molecule has 6 heteroatoms. The van der Waals surface area contributed by atoms with E-state index in [1.807, 2.05) is 12.1 Å². The van der Waals surface area contributed by atoms with E-state index in [-0.39, 0.29) is 29.8 Å². The van der Waals surface area contributed by atoms with Gasteiger partial charge in [-0.2, -0.15) is 0 Å². The van der Waals surface area contributed by atoms with Gasteiger partial charge in [0.1, 0.15) is 5.82 Å². The zero-order valence-electron chi connectivity index (χ0n) is 14.0. The fraction of sp³-hybridized carbons (Fsp3) is 0.588. The van der Waals surface area contributed by atoms with Gasteiger partial charge in [0.05, 0.1) is 0 Å². The monoisotopic (exact) mass is 434 g/mol. The van der Waals surface area contributed by atoms with Gasteiger partial charge in [0.25, 0.3) is 0 Å². The summed E-state index contributed by atoms with van der Waals surface area (Å²) < 4.78 is 12.8. The number of benzene rings is 1. The van der Waals surface area contributed by atoms with Crippen molar-refractivity contribution in [1.29, 1.82) is 0 Å². The highest BCUT2D eigenvalue weighted by molar-refractivity contribution is 14.0. The summed E-state index contributed by atoms with van der Waals surface area (Å²) in [4.78, 5) is 6.75. The van der Waals surface area contributed by atoms with Crippen molar-refractivity contribution in [2.24, 2.45) is 4.99 Å². The van der Waals surface area contributed by atoms with Crippen LogP contribution in [0, 0.1) is 5.82 Å². The maximum atomic E-state index is 12.8. The molecule has 0 bridgehead atoms. The maximum absolute atomic E-state index is 12.8. The number of hydrogen-bond acceptors (Lipinski definition) is 2. The minimum atomic E-state index is -0.190. The second kappa shape index (κ2) is 10.8. The number of nitrogens with zero attached hydrogens (tertiary/aromatic N) is 2. The predicted molar refractivity (Wildman–Crippen MR) is 105 cm³/mol. The molecule has 0 atom stereocenters. The summed E-state index contributed by atoms with van der Waals surface area (Å²) in [6.45, 7) is 6.07. The first-order valence-electron chi connectivity index (χ1n) is 8.16. The molecule has 1 fully saturated rings. The molecule has 0 saturated heterocycles. The number of nitrogens with one attached hydrogen (secondary N) is 2. The minimum Gasteiger partial charge on any atom is -0.356 e. The lowest BCUT2D eigenvalue weighted by Gasteiger charge is -2.20. The Labute approximate surface area is 156 Å². The van der Waals surface area contributed by atoms with Crippen molar-refractivity contribution in [2.75, 3.05) is 33.2 Å². The molecule has 0 radical (unpaired) electrons. The van der Waals surface area contributed by atoms with E-state index in [9.17, 15) is 4.39 Å². The van der Waals surface area contributed by atoms with E-state index >= 15 is 0 Å². The standard InChI is InChI=1S/C17H27FN4.HI/c1-3-22(16-8-9-16)13-12-21-17(19-2)20-11-10-14-4-6-15(18)7-5-14;/h4-7,16H,3,8-13H2,1-2H3,(H2,19,20,21);1H. The molecule has 23 heavy (non-hydrogen) atoms. The summed E-state index contributed by atoms with van der Waals surface area (Å²) in [5, 5.41) is 6.65. The lowest BCUT2D eigenvalue weighted by Crippen LogP contribution is -2.42. The van der Waals surface area contributed by atoms with E-state index in [0.29, 0.717) is 0 Å². The molecule has 130 valence electrons. The molecule has 0 unspecified atom stereocenters. The third-order valence-corrected chi connectivity index (χ3v) is 4.00. The highest BCUT2D eigenvalue weighted by Gasteiger charge is 2.27. The molecule has 4 nitrogen and oxygen atoms in total. The third-order valence-electron chi connectivity index (χ3n) is 4.00. The van der Waals surface area contributed by atoms with Crippen LogP contribution in [0.3, 0.4) is 0 Å². The van der Waals surface area contributed by atoms with Crippen LogP contribution in [0.2, 0.25) is 0 Å². The Hall–Kier alpha value is -0.890. The molecule has 1 aliphatic carbocycles. The molecule has 1 aromatic carbocycles. The first kappa shape index (κ1) is 20.2. The number of likely N-dealkylation sites (N-methyl/N-ethyl adjacent to an activating group) is 1. The van der Waals surface area contributed by atoms with E-state index < -0.39 is 0 Å². The van der Waals surface area contributed by atoms with Crippen molar-refractivity contribution in [1.82, 2.24) is 15.5 Å². The Bertz CT molecular complexity index is 474.